The first-order chi connectivity index (χ1) is 9.63. The summed E-state index contributed by atoms with van der Waals surface area (Å²) in [5.41, 5.74) is -0.300. The van der Waals surface area contributed by atoms with Gasteiger partial charge in [0.05, 0.1) is 4.90 Å². The standard InChI is InChI=1S/C13H17F2NO4S/c1-8(2)7-11(13(17)18)16-21(19,20)10-5-3-9(4-6-10)12(14)15/h3-6,8,11-12,16H,7H2,1-2H3,(H,17,18). The number of benzene rings is 1. The van der Waals surface area contributed by atoms with Crippen molar-refractivity contribution in [2.45, 2.75) is 37.6 Å². The van der Waals surface area contributed by atoms with Crippen LogP contribution in [0.25, 0.3) is 0 Å². The number of rotatable bonds is 7. The molecule has 118 valence electrons. The monoisotopic (exact) mass is 321 g/mol. The molecule has 0 aliphatic carbocycles. The molecule has 5 nitrogen and oxygen atoms in total. The van der Waals surface area contributed by atoms with Gasteiger partial charge in [-0.05, 0) is 24.5 Å². The summed E-state index contributed by atoms with van der Waals surface area (Å²) in [6.45, 7) is 3.53. The molecule has 21 heavy (non-hydrogen) atoms. The Morgan fingerprint density at radius 3 is 2.14 bits per heavy atom. The lowest BCUT2D eigenvalue weighted by Gasteiger charge is -2.16. The zero-order valence-electron chi connectivity index (χ0n) is 11.6. The summed E-state index contributed by atoms with van der Waals surface area (Å²) in [5.74, 6) is -1.30. The van der Waals surface area contributed by atoms with Crippen molar-refractivity contribution in [3.8, 4) is 0 Å². The number of carboxylic acids is 1. The summed E-state index contributed by atoms with van der Waals surface area (Å²) < 4.78 is 51.0. The zero-order chi connectivity index (χ0) is 16.2. The van der Waals surface area contributed by atoms with Crippen LogP contribution in [-0.4, -0.2) is 25.5 Å². The van der Waals surface area contributed by atoms with Gasteiger partial charge in [-0.15, -0.1) is 0 Å². The molecule has 0 aromatic heterocycles. The molecule has 1 aromatic rings. The zero-order valence-corrected chi connectivity index (χ0v) is 12.4. The molecule has 0 amide bonds. The fourth-order valence-corrected chi connectivity index (χ4v) is 2.92. The molecule has 0 heterocycles. The summed E-state index contributed by atoms with van der Waals surface area (Å²) in [5, 5.41) is 9.02. The van der Waals surface area contributed by atoms with Gasteiger partial charge in [-0.1, -0.05) is 26.0 Å². The van der Waals surface area contributed by atoms with Crippen molar-refractivity contribution in [2.24, 2.45) is 5.92 Å². The largest absolute Gasteiger partial charge is 0.480 e. The van der Waals surface area contributed by atoms with Gasteiger partial charge >= 0.3 is 5.97 Å². The smallest absolute Gasteiger partial charge is 0.321 e. The van der Waals surface area contributed by atoms with Crippen molar-refractivity contribution in [1.29, 1.82) is 0 Å². The molecule has 0 saturated heterocycles. The molecular weight excluding hydrogens is 304 g/mol. The van der Waals surface area contributed by atoms with Crippen molar-refractivity contribution in [3.05, 3.63) is 29.8 Å². The van der Waals surface area contributed by atoms with Gasteiger partial charge in [-0.25, -0.2) is 17.2 Å². The van der Waals surface area contributed by atoms with E-state index in [1.165, 1.54) is 0 Å². The number of sulfonamides is 1. The maximum atomic E-state index is 12.4. The van der Waals surface area contributed by atoms with E-state index in [0.717, 1.165) is 24.3 Å². The van der Waals surface area contributed by atoms with E-state index in [4.69, 9.17) is 5.11 Å². The molecule has 0 radical (unpaired) electrons. The molecule has 1 unspecified atom stereocenters. The summed E-state index contributed by atoms with van der Waals surface area (Å²) in [4.78, 5) is 10.8. The van der Waals surface area contributed by atoms with Crippen LogP contribution in [0.1, 0.15) is 32.3 Å². The van der Waals surface area contributed by atoms with Crippen molar-refractivity contribution >= 4 is 16.0 Å². The predicted molar refractivity (Wildman–Crippen MR) is 72.6 cm³/mol. The quantitative estimate of drug-likeness (QED) is 0.808. The van der Waals surface area contributed by atoms with Crippen LogP contribution >= 0.6 is 0 Å². The van der Waals surface area contributed by atoms with Crippen LogP contribution in [0.5, 0.6) is 0 Å². The van der Waals surface area contributed by atoms with E-state index in [2.05, 4.69) is 4.72 Å². The first kappa shape index (κ1) is 17.5. The van der Waals surface area contributed by atoms with Crippen molar-refractivity contribution < 1.29 is 27.1 Å². The molecule has 1 atom stereocenters. The fraction of sp³-hybridized carbons (Fsp3) is 0.462. The van der Waals surface area contributed by atoms with E-state index in [1.807, 2.05) is 0 Å². The van der Waals surface area contributed by atoms with Crippen molar-refractivity contribution in [2.75, 3.05) is 0 Å². The van der Waals surface area contributed by atoms with Crippen LogP contribution in [0, 0.1) is 5.92 Å². The minimum Gasteiger partial charge on any atom is -0.480 e. The third-order valence-corrected chi connectivity index (χ3v) is 4.23. The second kappa shape index (κ2) is 6.95. The molecule has 0 bridgehead atoms. The molecule has 0 spiro atoms. The highest BCUT2D eigenvalue weighted by Gasteiger charge is 2.26. The summed E-state index contributed by atoms with van der Waals surface area (Å²) in [7, 11) is -4.07. The number of alkyl halides is 2. The van der Waals surface area contributed by atoms with Crippen molar-refractivity contribution in [1.82, 2.24) is 4.72 Å². The lowest BCUT2D eigenvalue weighted by Crippen LogP contribution is -2.41. The van der Waals surface area contributed by atoms with Crippen LogP contribution in [0.2, 0.25) is 0 Å². The van der Waals surface area contributed by atoms with E-state index in [0.29, 0.717) is 0 Å². The number of nitrogens with one attached hydrogen (secondary N) is 1. The lowest BCUT2D eigenvalue weighted by atomic mass is 10.1. The van der Waals surface area contributed by atoms with Gasteiger partial charge in [0.25, 0.3) is 6.43 Å². The number of hydrogen-bond donors (Lipinski definition) is 2. The summed E-state index contributed by atoms with van der Waals surface area (Å²) >= 11 is 0. The van der Waals surface area contributed by atoms with E-state index < -0.39 is 28.5 Å². The second-order valence-corrected chi connectivity index (χ2v) is 6.73. The van der Waals surface area contributed by atoms with Crippen molar-refractivity contribution in [3.63, 3.8) is 0 Å². The normalized spacial score (nSPS) is 13.6. The van der Waals surface area contributed by atoms with E-state index in [-0.39, 0.29) is 22.8 Å². The Kier molecular flexibility index (Phi) is 5.79. The van der Waals surface area contributed by atoms with E-state index in [1.54, 1.807) is 13.8 Å². The van der Waals surface area contributed by atoms with Gasteiger partial charge in [0.15, 0.2) is 0 Å². The summed E-state index contributed by atoms with van der Waals surface area (Å²) in [6.07, 6.45) is -2.56. The van der Waals surface area contributed by atoms with Gasteiger partial charge < -0.3 is 5.11 Å². The highest BCUT2D eigenvalue weighted by molar-refractivity contribution is 7.89. The van der Waals surface area contributed by atoms with Gasteiger partial charge in [-0.3, -0.25) is 4.79 Å². The highest BCUT2D eigenvalue weighted by Crippen LogP contribution is 2.20. The molecule has 8 heteroatoms. The number of carboxylic acid groups (broad SMARTS) is 1. The van der Waals surface area contributed by atoms with Gasteiger partial charge in [-0.2, -0.15) is 4.72 Å². The van der Waals surface area contributed by atoms with Crippen LogP contribution in [0.4, 0.5) is 8.78 Å². The predicted octanol–water partition coefficient (Wildman–Crippen LogP) is 2.40. The minimum atomic E-state index is -4.07. The Bertz CT molecular complexity index is 585. The Morgan fingerprint density at radius 2 is 1.76 bits per heavy atom. The first-order valence-corrected chi connectivity index (χ1v) is 7.75. The Balaban J connectivity index is 2.96. The molecule has 0 saturated carbocycles. The SMILES string of the molecule is CC(C)CC(NS(=O)(=O)c1ccc(C(F)F)cc1)C(=O)O. The second-order valence-electron chi connectivity index (χ2n) is 5.01. The topological polar surface area (TPSA) is 83.5 Å². The Hall–Kier alpha value is -1.54. The van der Waals surface area contributed by atoms with Crippen LogP contribution < -0.4 is 4.72 Å². The molecule has 0 aliphatic rings. The van der Waals surface area contributed by atoms with Crippen LogP contribution in [0.3, 0.4) is 0 Å². The molecular formula is C13H17F2NO4S. The van der Waals surface area contributed by atoms with E-state index in [9.17, 15) is 22.0 Å². The molecule has 0 aliphatic heterocycles. The molecule has 2 N–H and O–H groups in total. The summed E-state index contributed by atoms with van der Waals surface area (Å²) in [6, 6.07) is 2.79. The molecule has 0 fully saturated rings. The number of hydrogen-bond acceptors (Lipinski definition) is 3. The van der Waals surface area contributed by atoms with Gasteiger partial charge in [0.1, 0.15) is 6.04 Å². The lowest BCUT2D eigenvalue weighted by molar-refractivity contribution is -0.139. The maximum absolute atomic E-state index is 12.4. The first-order valence-electron chi connectivity index (χ1n) is 6.26. The Labute approximate surface area is 122 Å². The van der Waals surface area contributed by atoms with Gasteiger partial charge in [0.2, 0.25) is 10.0 Å². The number of aliphatic carboxylic acids is 1. The van der Waals surface area contributed by atoms with E-state index >= 15 is 0 Å². The van der Waals surface area contributed by atoms with Crippen LogP contribution in [-0.2, 0) is 14.8 Å². The number of halogens is 2. The average molecular weight is 321 g/mol. The van der Waals surface area contributed by atoms with Gasteiger partial charge in [0, 0.05) is 5.56 Å². The fourth-order valence-electron chi connectivity index (χ4n) is 1.72. The number of carbonyl (C=O) groups is 1. The maximum Gasteiger partial charge on any atom is 0.321 e. The van der Waals surface area contributed by atoms with Crippen LogP contribution in [0.15, 0.2) is 29.2 Å². The molecule has 1 aromatic carbocycles. The average Bonchev–Trinajstić information content (AvgIpc) is 2.37. The third-order valence-electron chi connectivity index (χ3n) is 2.74. The highest BCUT2D eigenvalue weighted by atomic mass is 32.2. The Morgan fingerprint density at radius 1 is 1.24 bits per heavy atom. The third kappa shape index (κ3) is 5.05. The minimum absolute atomic E-state index is 0.0185. The molecule has 1 rings (SSSR count).